The summed E-state index contributed by atoms with van der Waals surface area (Å²) in [5.41, 5.74) is 1.56. The third kappa shape index (κ3) is 4.94. The largest absolute Gasteiger partial charge is 0.495 e. The second-order valence-electron chi connectivity index (χ2n) is 7.72. The minimum atomic E-state index is -0.298. The fraction of sp³-hybridized carbons (Fsp3) is 0.455. The average Bonchev–Trinajstić information content (AvgIpc) is 2.73. The van der Waals surface area contributed by atoms with E-state index < -0.39 is 0 Å². The van der Waals surface area contributed by atoms with Gasteiger partial charge >= 0.3 is 0 Å². The van der Waals surface area contributed by atoms with Crippen molar-refractivity contribution in [1.82, 2.24) is 19.8 Å². The highest BCUT2D eigenvalue weighted by Gasteiger charge is 2.30. The average molecular weight is 412 g/mol. The number of hydrogen-bond donors (Lipinski definition) is 1. The van der Waals surface area contributed by atoms with Crippen LogP contribution in [-0.4, -0.2) is 65.9 Å². The van der Waals surface area contributed by atoms with Crippen molar-refractivity contribution >= 4 is 17.5 Å². The van der Waals surface area contributed by atoms with Crippen molar-refractivity contribution in [3.63, 3.8) is 0 Å². The number of para-hydroxylation sites is 2. The van der Waals surface area contributed by atoms with Gasteiger partial charge in [-0.2, -0.15) is 0 Å². The smallest absolute Gasteiger partial charge is 0.259 e. The number of anilines is 1. The van der Waals surface area contributed by atoms with Crippen LogP contribution in [0.4, 0.5) is 5.69 Å². The second kappa shape index (κ2) is 9.67. The van der Waals surface area contributed by atoms with E-state index in [1.54, 1.807) is 32.4 Å². The summed E-state index contributed by atoms with van der Waals surface area (Å²) in [5, 5.41) is 2.85. The molecule has 1 fully saturated rings. The van der Waals surface area contributed by atoms with Gasteiger partial charge in [0.15, 0.2) is 5.82 Å². The molecule has 2 heterocycles. The van der Waals surface area contributed by atoms with Crippen LogP contribution in [0.15, 0.2) is 30.5 Å². The maximum Gasteiger partial charge on any atom is 0.259 e. The molecule has 1 aromatic carbocycles. The quantitative estimate of drug-likeness (QED) is 0.786. The first-order chi connectivity index (χ1) is 14.4. The number of amides is 2. The molecule has 30 heavy (non-hydrogen) atoms. The minimum Gasteiger partial charge on any atom is -0.495 e. The SMILES string of the molecule is COc1ccccc1NC(=O)c1cnc(C2CCCCN2C(=O)CN(C)C)nc1C. The standard InChI is InChI=1S/C22H29N5O3/c1-15-16(22(29)25-17-9-5-6-11-19(17)30-4)13-23-21(24-15)18-10-7-8-12-27(18)20(28)14-26(2)3/h5-6,9,11,13,18H,7-8,10,12,14H2,1-4H3,(H,25,29). The molecule has 0 spiro atoms. The third-order valence-electron chi connectivity index (χ3n) is 5.17. The van der Waals surface area contributed by atoms with Gasteiger partial charge in [0.2, 0.25) is 5.91 Å². The Morgan fingerprint density at radius 3 is 2.73 bits per heavy atom. The third-order valence-corrected chi connectivity index (χ3v) is 5.17. The van der Waals surface area contributed by atoms with Gasteiger partial charge in [0.1, 0.15) is 5.75 Å². The molecule has 0 bridgehead atoms. The molecule has 1 N–H and O–H groups in total. The van der Waals surface area contributed by atoms with E-state index in [9.17, 15) is 9.59 Å². The Morgan fingerprint density at radius 2 is 2.03 bits per heavy atom. The number of piperidine rings is 1. The maximum atomic E-state index is 12.8. The molecule has 160 valence electrons. The van der Waals surface area contributed by atoms with Gasteiger partial charge in [-0.3, -0.25) is 9.59 Å². The highest BCUT2D eigenvalue weighted by Crippen LogP contribution is 2.29. The van der Waals surface area contributed by atoms with E-state index in [0.717, 1.165) is 19.3 Å². The first-order valence-electron chi connectivity index (χ1n) is 10.1. The fourth-order valence-electron chi connectivity index (χ4n) is 3.67. The number of carbonyl (C=O) groups is 2. The lowest BCUT2D eigenvalue weighted by Crippen LogP contribution is -2.43. The Bertz CT molecular complexity index is 915. The molecule has 0 aliphatic carbocycles. The first kappa shape index (κ1) is 21.7. The van der Waals surface area contributed by atoms with Crippen LogP contribution in [0.1, 0.15) is 47.2 Å². The zero-order chi connectivity index (χ0) is 21.7. The van der Waals surface area contributed by atoms with Gasteiger partial charge in [-0.05, 0) is 52.4 Å². The van der Waals surface area contributed by atoms with Crippen LogP contribution < -0.4 is 10.1 Å². The Labute approximate surface area is 177 Å². The van der Waals surface area contributed by atoms with Gasteiger partial charge in [0.05, 0.1) is 36.6 Å². The Hall–Kier alpha value is -3.00. The van der Waals surface area contributed by atoms with Crippen LogP contribution in [-0.2, 0) is 4.79 Å². The Balaban J connectivity index is 1.80. The van der Waals surface area contributed by atoms with Gasteiger partial charge < -0.3 is 19.9 Å². The number of nitrogens with zero attached hydrogens (tertiary/aromatic N) is 4. The molecule has 1 atom stereocenters. The highest BCUT2D eigenvalue weighted by atomic mass is 16.5. The van der Waals surface area contributed by atoms with Crippen LogP contribution in [0.2, 0.25) is 0 Å². The summed E-state index contributed by atoms with van der Waals surface area (Å²) >= 11 is 0. The van der Waals surface area contributed by atoms with Gasteiger partial charge in [-0.15, -0.1) is 0 Å². The highest BCUT2D eigenvalue weighted by molar-refractivity contribution is 6.05. The molecule has 0 saturated carbocycles. The van der Waals surface area contributed by atoms with Crippen LogP contribution in [0.3, 0.4) is 0 Å². The van der Waals surface area contributed by atoms with Crippen LogP contribution >= 0.6 is 0 Å². The van der Waals surface area contributed by atoms with E-state index >= 15 is 0 Å². The van der Waals surface area contributed by atoms with Crippen molar-refractivity contribution < 1.29 is 14.3 Å². The van der Waals surface area contributed by atoms with Crippen LogP contribution in [0.5, 0.6) is 5.75 Å². The molecule has 2 aromatic rings. The van der Waals surface area contributed by atoms with Gasteiger partial charge in [0.25, 0.3) is 5.91 Å². The Morgan fingerprint density at radius 1 is 1.27 bits per heavy atom. The van der Waals surface area contributed by atoms with Crippen molar-refractivity contribution in [2.24, 2.45) is 0 Å². The predicted molar refractivity (Wildman–Crippen MR) is 115 cm³/mol. The molecule has 1 aromatic heterocycles. The molecule has 1 aliphatic rings. The van der Waals surface area contributed by atoms with Gasteiger partial charge in [-0.25, -0.2) is 9.97 Å². The van der Waals surface area contributed by atoms with E-state index in [0.29, 0.717) is 41.6 Å². The lowest BCUT2D eigenvalue weighted by Gasteiger charge is -2.35. The number of aromatic nitrogens is 2. The van der Waals surface area contributed by atoms with Crippen LogP contribution in [0, 0.1) is 6.92 Å². The predicted octanol–water partition coefficient (Wildman–Crippen LogP) is 2.66. The number of rotatable bonds is 6. The summed E-state index contributed by atoms with van der Waals surface area (Å²) < 4.78 is 5.29. The number of methoxy groups -OCH3 is 1. The number of carbonyl (C=O) groups excluding carboxylic acids is 2. The molecule has 8 heteroatoms. The van der Waals surface area contributed by atoms with Crippen molar-refractivity contribution in [3.8, 4) is 5.75 Å². The summed E-state index contributed by atoms with van der Waals surface area (Å²) in [6.45, 7) is 2.85. The second-order valence-corrected chi connectivity index (χ2v) is 7.72. The number of hydrogen-bond acceptors (Lipinski definition) is 6. The summed E-state index contributed by atoms with van der Waals surface area (Å²) in [6.07, 6.45) is 4.37. The lowest BCUT2D eigenvalue weighted by atomic mass is 10.0. The van der Waals surface area contributed by atoms with Crippen molar-refractivity contribution in [2.75, 3.05) is 39.6 Å². The number of likely N-dealkylation sites (tertiary alicyclic amines) is 1. The van der Waals surface area contributed by atoms with E-state index in [1.165, 1.54) is 0 Å². The van der Waals surface area contributed by atoms with Gasteiger partial charge in [0, 0.05) is 12.7 Å². The zero-order valence-electron chi connectivity index (χ0n) is 18.0. The summed E-state index contributed by atoms with van der Waals surface area (Å²) in [5.74, 6) is 0.947. The monoisotopic (exact) mass is 411 g/mol. The fourth-order valence-corrected chi connectivity index (χ4v) is 3.67. The molecule has 2 amide bonds. The number of aryl methyl sites for hydroxylation is 1. The topological polar surface area (TPSA) is 87.7 Å². The van der Waals surface area contributed by atoms with E-state index in [2.05, 4.69) is 15.3 Å². The van der Waals surface area contributed by atoms with Crippen molar-refractivity contribution in [3.05, 3.63) is 47.5 Å². The number of benzene rings is 1. The molecule has 1 aliphatic heterocycles. The van der Waals surface area contributed by atoms with E-state index in [4.69, 9.17) is 4.74 Å². The molecule has 8 nitrogen and oxygen atoms in total. The van der Waals surface area contributed by atoms with Crippen molar-refractivity contribution in [2.45, 2.75) is 32.2 Å². The molecular weight excluding hydrogens is 382 g/mol. The zero-order valence-corrected chi connectivity index (χ0v) is 18.0. The molecule has 1 unspecified atom stereocenters. The normalized spacial score (nSPS) is 16.4. The molecule has 3 rings (SSSR count). The first-order valence-corrected chi connectivity index (χ1v) is 10.1. The van der Waals surface area contributed by atoms with Crippen molar-refractivity contribution in [1.29, 1.82) is 0 Å². The lowest BCUT2D eigenvalue weighted by molar-refractivity contribution is -0.135. The number of ether oxygens (including phenoxy) is 1. The minimum absolute atomic E-state index is 0.0731. The maximum absolute atomic E-state index is 12.8. The summed E-state index contributed by atoms with van der Waals surface area (Å²) in [6, 6.07) is 7.07. The Kier molecular flexibility index (Phi) is 6.99. The van der Waals surface area contributed by atoms with Crippen LogP contribution in [0.25, 0.3) is 0 Å². The molecule has 0 radical (unpaired) electrons. The van der Waals surface area contributed by atoms with E-state index in [1.807, 2.05) is 36.0 Å². The number of nitrogens with one attached hydrogen (secondary N) is 1. The summed E-state index contributed by atoms with van der Waals surface area (Å²) in [7, 11) is 5.32. The molecular formula is C22H29N5O3. The summed E-state index contributed by atoms with van der Waals surface area (Å²) in [4.78, 5) is 38.2. The molecule has 1 saturated heterocycles. The van der Waals surface area contributed by atoms with E-state index in [-0.39, 0.29) is 17.9 Å². The number of likely N-dealkylation sites (N-methyl/N-ethyl adjacent to an activating group) is 1. The van der Waals surface area contributed by atoms with Gasteiger partial charge in [-0.1, -0.05) is 12.1 Å².